The summed E-state index contributed by atoms with van der Waals surface area (Å²) >= 11 is 0. The van der Waals surface area contributed by atoms with Gasteiger partial charge in [0.05, 0.1) is 11.6 Å². The Morgan fingerprint density at radius 2 is 1.93 bits per heavy atom. The molecule has 0 unspecified atom stereocenters. The van der Waals surface area contributed by atoms with Crippen molar-refractivity contribution in [3.63, 3.8) is 0 Å². The van der Waals surface area contributed by atoms with E-state index in [0.29, 0.717) is 25.6 Å². The maximum Gasteiger partial charge on any atom is 0.330 e. The lowest BCUT2D eigenvalue weighted by Crippen LogP contribution is -2.47. The molecule has 0 spiro atoms. The Morgan fingerprint density at radius 1 is 1.10 bits per heavy atom. The summed E-state index contributed by atoms with van der Waals surface area (Å²) in [6.45, 7) is 2.50. The van der Waals surface area contributed by atoms with Gasteiger partial charge in [-0.25, -0.2) is 14.6 Å². The summed E-state index contributed by atoms with van der Waals surface area (Å²) in [4.78, 5) is 32.4. The highest BCUT2D eigenvalue weighted by Gasteiger charge is 2.30. The lowest BCUT2D eigenvalue weighted by atomic mass is 10.1. The van der Waals surface area contributed by atoms with Gasteiger partial charge in [-0.1, -0.05) is 30.3 Å². The van der Waals surface area contributed by atoms with E-state index < -0.39 is 0 Å². The van der Waals surface area contributed by atoms with Gasteiger partial charge in [0.2, 0.25) is 0 Å². The van der Waals surface area contributed by atoms with Gasteiger partial charge in [-0.15, -0.1) is 0 Å². The van der Waals surface area contributed by atoms with E-state index in [4.69, 9.17) is 0 Å². The second-order valence-electron chi connectivity index (χ2n) is 8.44. The molecule has 2 amide bonds. The number of hydrogen-bond donors (Lipinski definition) is 1. The van der Waals surface area contributed by atoms with Crippen molar-refractivity contribution < 1.29 is 4.79 Å². The summed E-state index contributed by atoms with van der Waals surface area (Å²) in [7, 11) is 0. The largest absolute Gasteiger partial charge is 0.334 e. The zero-order valence-electron chi connectivity index (χ0n) is 17.0. The molecular weight excluding hydrogens is 378 g/mol. The Labute approximate surface area is 175 Å². The molecule has 2 fully saturated rings. The van der Waals surface area contributed by atoms with E-state index in [0.717, 1.165) is 36.1 Å². The Kier molecular flexibility index (Phi) is 5.02. The zero-order chi connectivity index (χ0) is 20.5. The molecule has 7 heteroatoms. The molecule has 0 bridgehead atoms. The highest BCUT2D eigenvalue weighted by molar-refractivity contribution is 5.74. The van der Waals surface area contributed by atoms with Crippen LogP contribution < -0.4 is 11.0 Å². The number of rotatable bonds is 5. The number of likely N-dealkylation sites (tertiary alicyclic amines) is 1. The van der Waals surface area contributed by atoms with E-state index in [-0.39, 0.29) is 17.8 Å². The van der Waals surface area contributed by atoms with E-state index in [1.165, 1.54) is 12.8 Å². The number of nitrogens with one attached hydrogen (secondary N) is 1. The van der Waals surface area contributed by atoms with Crippen LogP contribution in [-0.2, 0) is 13.1 Å². The van der Waals surface area contributed by atoms with Gasteiger partial charge in [0.15, 0.2) is 5.65 Å². The summed E-state index contributed by atoms with van der Waals surface area (Å²) in [6, 6.07) is 13.6. The lowest BCUT2D eigenvalue weighted by Gasteiger charge is -2.33. The third-order valence-electron chi connectivity index (χ3n) is 6.20. The minimum atomic E-state index is -0.0775. The van der Waals surface area contributed by atoms with Crippen LogP contribution in [0, 0.1) is 5.92 Å². The molecular formula is C23H27N5O2. The van der Waals surface area contributed by atoms with Crippen molar-refractivity contribution in [2.45, 2.75) is 44.8 Å². The maximum absolute atomic E-state index is 13.3. The summed E-state index contributed by atoms with van der Waals surface area (Å²) in [5.41, 5.74) is 2.72. The fourth-order valence-corrected chi connectivity index (χ4v) is 4.41. The highest BCUT2D eigenvalue weighted by Crippen LogP contribution is 2.32. The zero-order valence-corrected chi connectivity index (χ0v) is 17.0. The number of hydrogen-bond acceptors (Lipinski definition) is 3. The summed E-state index contributed by atoms with van der Waals surface area (Å²) in [5, 5.41) is 3.01. The molecule has 156 valence electrons. The molecule has 7 nitrogen and oxygen atoms in total. The van der Waals surface area contributed by atoms with Crippen molar-refractivity contribution in [3.8, 4) is 0 Å². The Balaban J connectivity index is 1.36. The Hall–Kier alpha value is -3.09. The number of pyridine rings is 1. The van der Waals surface area contributed by atoms with Gasteiger partial charge >= 0.3 is 11.7 Å². The van der Waals surface area contributed by atoms with Gasteiger partial charge < -0.3 is 10.2 Å². The molecule has 30 heavy (non-hydrogen) atoms. The molecule has 1 saturated carbocycles. The molecule has 0 radical (unpaired) electrons. The first-order chi connectivity index (χ1) is 14.7. The second-order valence-corrected chi connectivity index (χ2v) is 8.44. The third-order valence-corrected chi connectivity index (χ3v) is 6.20. The van der Waals surface area contributed by atoms with Gasteiger partial charge in [-0.3, -0.25) is 9.13 Å². The third kappa shape index (κ3) is 3.72. The monoisotopic (exact) mass is 405 g/mol. The topological polar surface area (TPSA) is 72.2 Å². The average molecular weight is 406 g/mol. The van der Waals surface area contributed by atoms with Gasteiger partial charge in [0.25, 0.3) is 0 Å². The van der Waals surface area contributed by atoms with Crippen molar-refractivity contribution in [1.29, 1.82) is 0 Å². The van der Waals surface area contributed by atoms with Crippen molar-refractivity contribution in [2.75, 3.05) is 13.1 Å². The molecule has 1 aliphatic carbocycles. The van der Waals surface area contributed by atoms with Gasteiger partial charge in [0.1, 0.15) is 0 Å². The average Bonchev–Trinajstić information content (AvgIpc) is 3.57. The lowest BCUT2D eigenvalue weighted by molar-refractivity contribution is 0.166. The van der Waals surface area contributed by atoms with Crippen LogP contribution >= 0.6 is 0 Å². The van der Waals surface area contributed by atoms with Crippen LogP contribution in [0.4, 0.5) is 4.79 Å². The molecule has 1 saturated heterocycles. The number of amides is 2. The Bertz CT molecular complexity index is 1100. The van der Waals surface area contributed by atoms with Crippen molar-refractivity contribution in [2.24, 2.45) is 5.92 Å². The molecule has 1 aliphatic heterocycles. The predicted octanol–water partition coefficient (Wildman–Crippen LogP) is 3.15. The number of imidazole rings is 1. The molecule has 1 aromatic carbocycles. The van der Waals surface area contributed by atoms with Crippen LogP contribution in [-0.4, -0.2) is 38.1 Å². The van der Waals surface area contributed by atoms with Gasteiger partial charge in [-0.05, 0) is 49.3 Å². The summed E-state index contributed by atoms with van der Waals surface area (Å²) in [6.07, 6.45) is 5.88. The normalized spacial score (nSPS) is 19.2. The number of piperidine rings is 1. The van der Waals surface area contributed by atoms with E-state index >= 15 is 0 Å². The van der Waals surface area contributed by atoms with Crippen LogP contribution in [0.3, 0.4) is 0 Å². The number of urea groups is 1. The fourth-order valence-electron chi connectivity index (χ4n) is 4.41. The molecule has 1 N–H and O–H groups in total. The van der Waals surface area contributed by atoms with Crippen molar-refractivity contribution in [1.82, 2.24) is 24.3 Å². The number of fused-ring (bicyclic) bond motifs is 1. The highest BCUT2D eigenvalue weighted by atomic mass is 16.2. The number of carbonyl (C=O) groups excluding carboxylic acids is 1. The van der Waals surface area contributed by atoms with Crippen LogP contribution in [0.15, 0.2) is 53.5 Å². The quantitative estimate of drug-likeness (QED) is 0.709. The molecule has 2 aromatic heterocycles. The van der Waals surface area contributed by atoms with Gasteiger partial charge in [-0.2, -0.15) is 0 Å². The number of nitrogens with zero attached hydrogens (tertiary/aromatic N) is 4. The molecule has 3 heterocycles. The second kappa shape index (κ2) is 7.97. The first-order valence-corrected chi connectivity index (χ1v) is 10.8. The van der Waals surface area contributed by atoms with Crippen molar-refractivity contribution >= 4 is 17.2 Å². The van der Waals surface area contributed by atoms with Crippen LogP contribution in [0.2, 0.25) is 0 Å². The molecule has 5 rings (SSSR count). The minimum absolute atomic E-state index is 0.00661. The molecule has 3 aromatic rings. The van der Waals surface area contributed by atoms with Crippen LogP contribution in [0.25, 0.3) is 11.2 Å². The number of carbonyl (C=O) groups is 1. The first-order valence-electron chi connectivity index (χ1n) is 10.8. The fraction of sp³-hybridized carbons (Fsp3) is 0.435. The summed E-state index contributed by atoms with van der Waals surface area (Å²) < 4.78 is 3.71. The van der Waals surface area contributed by atoms with Crippen LogP contribution in [0.5, 0.6) is 0 Å². The van der Waals surface area contributed by atoms with E-state index in [1.54, 1.807) is 6.20 Å². The van der Waals surface area contributed by atoms with E-state index in [9.17, 15) is 9.59 Å². The van der Waals surface area contributed by atoms with E-state index in [2.05, 4.69) is 10.3 Å². The Morgan fingerprint density at radius 3 is 2.73 bits per heavy atom. The first kappa shape index (κ1) is 18.9. The van der Waals surface area contributed by atoms with Gasteiger partial charge in [0, 0.05) is 32.4 Å². The SMILES string of the molecule is O=C(NCc1ccccc1)N1CCC[C@H](n2c(=O)n(CC3CC3)c3cccnc32)C1. The number of aromatic nitrogens is 3. The smallest absolute Gasteiger partial charge is 0.330 e. The van der Waals surface area contributed by atoms with Crippen molar-refractivity contribution in [3.05, 3.63) is 64.7 Å². The van der Waals surface area contributed by atoms with E-state index in [1.807, 2.05) is 56.5 Å². The van der Waals surface area contributed by atoms with Crippen LogP contribution in [0.1, 0.15) is 37.3 Å². The summed E-state index contributed by atoms with van der Waals surface area (Å²) in [5.74, 6) is 0.605. The maximum atomic E-state index is 13.3. The molecule has 1 atom stereocenters. The standard InChI is InChI=1S/C23H27N5O2/c29-22(25-14-17-6-2-1-3-7-17)26-13-5-8-19(16-26)28-21-20(9-4-12-24-21)27(23(28)30)15-18-10-11-18/h1-4,6-7,9,12,18-19H,5,8,10-11,13-16H2,(H,25,29)/t19-/m0/s1. The number of benzene rings is 1. The molecule has 2 aliphatic rings. The minimum Gasteiger partial charge on any atom is -0.334 e. The predicted molar refractivity (Wildman–Crippen MR) is 115 cm³/mol.